The summed E-state index contributed by atoms with van der Waals surface area (Å²) in [4.78, 5) is 144. The lowest BCUT2D eigenvalue weighted by molar-refractivity contribution is -0.271. The number of aliphatic hydroxyl groups is 6. The standard InChI is InChI=1S/C65H93N3O30/c1-4-41(30-43(71)34-90-26-24-88-22-8-12-49(74)46-29-40(33-93-38(3)70)15-18-53(46)97-65-59(83)56(80)57(81)60(98-65)63(86)87)61(84)67-20-6-5-10-47(50(75)13-9-23-95-66)68-62(85)42(16-19-54(77)78)31-44(72)35-91-27-25-89-21-7-11-48(73)45-28-39(32-92-37(2)69)14-17-52(45)96-64-58(82)55(79)51(76)36-94-64/h14-15,17-18,28-29,41-42,47,51,55-60,64-65,76,79-83H,4-13,16,19-27,30-36,66H2,1-3H3,(H,67,84)(H,68,85)(H,77,78)(H,86,87)/t41-,42-,47?,51+,55-,56-,57-,58+,59+,60-,64-,65?/m0/s1. The highest BCUT2D eigenvalue weighted by Crippen LogP contribution is 2.31. The summed E-state index contributed by atoms with van der Waals surface area (Å²) in [5, 5.41) is 85.5. The summed E-state index contributed by atoms with van der Waals surface area (Å²) in [5.74, 6) is -4.13. The van der Waals surface area contributed by atoms with Crippen LogP contribution in [0.1, 0.15) is 143 Å². The van der Waals surface area contributed by atoms with Crippen LogP contribution in [0, 0.1) is 11.8 Å². The van der Waals surface area contributed by atoms with Crippen LogP contribution in [0.5, 0.6) is 11.5 Å². The molecule has 2 amide bonds. The first kappa shape index (κ1) is 83.1. The number of ether oxygens (including phenoxy) is 10. The number of nitrogens with one attached hydrogen (secondary N) is 2. The number of hydrogen-bond acceptors (Lipinski definition) is 29. The Labute approximate surface area is 565 Å². The molecule has 2 aromatic carbocycles. The lowest BCUT2D eigenvalue weighted by Crippen LogP contribution is -2.61. The van der Waals surface area contributed by atoms with Gasteiger partial charge in [-0.2, -0.15) is 0 Å². The zero-order chi connectivity index (χ0) is 72.3. The van der Waals surface area contributed by atoms with Crippen LogP contribution < -0.4 is 26.0 Å². The van der Waals surface area contributed by atoms with Crippen LogP contribution in [0.4, 0.5) is 0 Å². The van der Waals surface area contributed by atoms with E-state index < -0.39 is 146 Å². The third-order valence-electron chi connectivity index (χ3n) is 15.5. The second kappa shape index (κ2) is 44.6. The molecule has 0 aliphatic carbocycles. The predicted octanol–water partition coefficient (Wildman–Crippen LogP) is 0.0305. The molecule has 33 heteroatoms. The number of nitrogens with two attached hydrogens (primary N) is 1. The third-order valence-corrected chi connectivity index (χ3v) is 15.5. The summed E-state index contributed by atoms with van der Waals surface area (Å²) < 4.78 is 54.1. The molecule has 2 aliphatic rings. The van der Waals surface area contributed by atoms with Crippen molar-refractivity contribution in [2.45, 2.75) is 185 Å². The molecule has 0 aromatic heterocycles. The van der Waals surface area contributed by atoms with Gasteiger partial charge in [-0.1, -0.05) is 19.1 Å². The molecule has 2 aromatic rings. The molecule has 0 radical (unpaired) electrons. The highest BCUT2D eigenvalue weighted by atomic mass is 16.7. The van der Waals surface area contributed by atoms with Crippen LogP contribution in [-0.4, -0.2) is 239 Å². The lowest BCUT2D eigenvalue weighted by atomic mass is 9.94. The fourth-order valence-corrected chi connectivity index (χ4v) is 10.0. The monoisotopic (exact) mass is 1400 g/mol. The van der Waals surface area contributed by atoms with Crippen molar-refractivity contribution >= 4 is 64.6 Å². The largest absolute Gasteiger partial charge is 0.481 e. The summed E-state index contributed by atoms with van der Waals surface area (Å²) in [5.41, 5.74) is 0.863. The van der Waals surface area contributed by atoms with E-state index >= 15 is 0 Å². The molecule has 2 unspecified atom stereocenters. The van der Waals surface area contributed by atoms with E-state index in [0.29, 0.717) is 30.4 Å². The Morgan fingerprint density at radius 2 is 1.09 bits per heavy atom. The van der Waals surface area contributed by atoms with Crippen molar-refractivity contribution in [3.63, 3.8) is 0 Å². The fraction of sp³-hybridized carbons (Fsp3) is 0.646. The summed E-state index contributed by atoms with van der Waals surface area (Å²) in [6.45, 7) is 3.00. The van der Waals surface area contributed by atoms with Crippen molar-refractivity contribution in [2.24, 2.45) is 17.7 Å². The summed E-state index contributed by atoms with van der Waals surface area (Å²) >= 11 is 0. The van der Waals surface area contributed by atoms with Crippen LogP contribution in [0.25, 0.3) is 0 Å². The molecular formula is C65H93N3O30. The van der Waals surface area contributed by atoms with Crippen molar-refractivity contribution < 1.29 is 146 Å². The number of aliphatic hydroxyl groups excluding tert-OH is 6. The summed E-state index contributed by atoms with van der Waals surface area (Å²) in [6.07, 6.45) is -15.3. The molecule has 4 rings (SSSR count). The van der Waals surface area contributed by atoms with Gasteiger partial charge in [-0.25, -0.2) is 10.7 Å². The number of benzene rings is 2. The van der Waals surface area contributed by atoms with E-state index in [-0.39, 0.29) is 171 Å². The SMILES string of the molecule is CC[C@@H](CC(=O)COCCOCCCC(=O)c1cc(COC(C)=O)ccc1OC1O[C@H](C(=O)O)[C@@H](O)[C@H](O)[C@H]1O)C(=O)NCCCCC(NC(=O)[C@@H](CCC(=O)O)CC(=O)COCCOCCCC(=O)c1cc(COC(C)=O)ccc1O[C@@H]1OC[C@@H](O)[C@H](O)[C@H]1O)C(=O)CCCON. The highest BCUT2D eigenvalue weighted by Gasteiger charge is 2.48. The van der Waals surface area contributed by atoms with E-state index in [9.17, 15) is 93.6 Å². The van der Waals surface area contributed by atoms with Crippen LogP contribution in [0.2, 0.25) is 0 Å². The Bertz CT molecular complexity index is 2930. The van der Waals surface area contributed by atoms with E-state index in [1.807, 2.05) is 0 Å². The minimum atomic E-state index is -1.97. The van der Waals surface area contributed by atoms with Crippen LogP contribution >= 0.6 is 0 Å². The van der Waals surface area contributed by atoms with Gasteiger partial charge in [0, 0.05) is 84.0 Å². The number of esters is 2. The molecule has 2 saturated heterocycles. The molecule has 0 saturated carbocycles. The number of amides is 2. The Kier molecular flexibility index (Phi) is 37.8. The van der Waals surface area contributed by atoms with Crippen LogP contribution in [-0.2, 0) is 99.1 Å². The Morgan fingerprint density at radius 3 is 1.61 bits per heavy atom. The maximum absolute atomic E-state index is 13.7. The van der Waals surface area contributed by atoms with Crippen LogP contribution in [0.15, 0.2) is 36.4 Å². The predicted molar refractivity (Wildman–Crippen MR) is 334 cm³/mol. The van der Waals surface area contributed by atoms with Gasteiger partial charge in [0.1, 0.15) is 74.6 Å². The molecule has 0 spiro atoms. The van der Waals surface area contributed by atoms with E-state index in [1.54, 1.807) is 6.92 Å². The van der Waals surface area contributed by atoms with Gasteiger partial charge in [-0.3, -0.25) is 47.9 Å². The van der Waals surface area contributed by atoms with Crippen molar-refractivity contribution in [2.75, 3.05) is 72.6 Å². The topological polar surface area (TPSA) is 501 Å². The average molecular weight is 1400 g/mol. The van der Waals surface area contributed by atoms with Gasteiger partial charge in [-0.05, 0) is 86.8 Å². The first-order chi connectivity index (χ1) is 46.7. The van der Waals surface area contributed by atoms with Gasteiger partial charge < -0.3 is 104 Å². The normalized spacial score (nSPS) is 20.8. The number of carbonyl (C=O) groups excluding carboxylic acids is 9. The van der Waals surface area contributed by atoms with E-state index in [2.05, 4.69) is 15.5 Å². The van der Waals surface area contributed by atoms with Gasteiger partial charge >= 0.3 is 23.9 Å². The third kappa shape index (κ3) is 29.6. The Morgan fingerprint density at radius 1 is 0.571 bits per heavy atom. The first-order valence-electron chi connectivity index (χ1n) is 32.2. The molecule has 2 aliphatic heterocycles. The molecule has 33 nitrogen and oxygen atoms in total. The number of carboxylic acid groups (broad SMARTS) is 2. The van der Waals surface area contributed by atoms with Crippen molar-refractivity contribution in [3.05, 3.63) is 58.7 Å². The molecule has 548 valence electrons. The number of ketones is 5. The van der Waals surface area contributed by atoms with Gasteiger partial charge in [-0.15, -0.1) is 0 Å². The van der Waals surface area contributed by atoms with Crippen LogP contribution in [0.3, 0.4) is 0 Å². The summed E-state index contributed by atoms with van der Waals surface area (Å²) in [7, 11) is 0. The second-order valence-corrected chi connectivity index (χ2v) is 23.3. The average Bonchev–Trinajstić information content (AvgIpc) is 0.805. The minimum absolute atomic E-state index is 0.000943. The molecule has 2 heterocycles. The van der Waals surface area contributed by atoms with Gasteiger partial charge in [0.15, 0.2) is 35.0 Å². The number of Topliss-reactive ketones (excluding diaryl/α,β-unsaturated/α-hetero) is 5. The fourth-order valence-electron chi connectivity index (χ4n) is 10.0. The number of carbonyl (C=O) groups is 11. The molecular weight excluding hydrogens is 1300 g/mol. The summed E-state index contributed by atoms with van der Waals surface area (Å²) in [6, 6.07) is 7.48. The minimum Gasteiger partial charge on any atom is -0.481 e. The van der Waals surface area contributed by atoms with E-state index in [4.69, 9.17) is 53.3 Å². The lowest BCUT2D eigenvalue weighted by Gasteiger charge is -2.38. The number of unbranched alkanes of at least 4 members (excludes halogenated alkanes) is 1. The number of aliphatic carboxylic acids is 2. The molecule has 0 bridgehead atoms. The molecule has 2 fully saturated rings. The van der Waals surface area contributed by atoms with E-state index in [1.165, 1.54) is 50.2 Å². The van der Waals surface area contributed by atoms with Crippen molar-refractivity contribution in [1.82, 2.24) is 10.6 Å². The molecule has 12 atom stereocenters. The quantitative estimate of drug-likeness (QED) is 0.0180. The van der Waals surface area contributed by atoms with Gasteiger partial charge in [0.2, 0.25) is 24.4 Å². The second-order valence-electron chi connectivity index (χ2n) is 23.3. The number of hydrogen-bond donors (Lipinski definition) is 11. The van der Waals surface area contributed by atoms with Crippen molar-refractivity contribution in [3.8, 4) is 11.5 Å². The number of carboxylic acids is 2. The van der Waals surface area contributed by atoms with Crippen molar-refractivity contribution in [1.29, 1.82) is 0 Å². The molecule has 98 heavy (non-hydrogen) atoms. The van der Waals surface area contributed by atoms with Gasteiger partial charge in [0.05, 0.1) is 56.8 Å². The zero-order valence-corrected chi connectivity index (χ0v) is 55.1. The Balaban J connectivity index is 1.16. The zero-order valence-electron chi connectivity index (χ0n) is 55.1. The van der Waals surface area contributed by atoms with E-state index in [0.717, 1.165) is 0 Å². The smallest absolute Gasteiger partial charge is 0.335 e. The first-order valence-corrected chi connectivity index (χ1v) is 32.2. The molecule has 12 N–H and O–H groups in total. The van der Waals surface area contributed by atoms with Gasteiger partial charge in [0.25, 0.3) is 0 Å². The highest BCUT2D eigenvalue weighted by molar-refractivity contribution is 5.99. The number of rotatable bonds is 50. The Hall–Kier alpha value is -7.35. The maximum Gasteiger partial charge on any atom is 0.335 e. The maximum atomic E-state index is 13.7.